The Bertz CT molecular complexity index is 510. The van der Waals surface area contributed by atoms with E-state index < -0.39 is 18.3 Å². The molecule has 0 bridgehead atoms. The fourth-order valence-corrected chi connectivity index (χ4v) is 1.60. The molecule has 0 saturated carbocycles. The molecule has 1 heterocycles. The van der Waals surface area contributed by atoms with E-state index in [9.17, 15) is 21.6 Å². The second-order valence-electron chi connectivity index (χ2n) is 4.76. The monoisotopic (exact) mass is 376 g/mol. The van der Waals surface area contributed by atoms with Crippen molar-refractivity contribution in [3.8, 4) is 0 Å². The van der Waals surface area contributed by atoms with E-state index in [1.807, 2.05) is 0 Å². The number of amides is 1. The summed E-state index contributed by atoms with van der Waals surface area (Å²) < 4.78 is 57.7. The molecule has 1 amide bonds. The number of hydrogen-bond acceptors (Lipinski definition) is 7. The molecule has 1 aliphatic rings. The van der Waals surface area contributed by atoms with Crippen molar-refractivity contribution in [3.05, 3.63) is 0 Å². The highest BCUT2D eigenvalue weighted by molar-refractivity contribution is 8.62. The molecule has 23 heavy (non-hydrogen) atoms. The maximum Gasteiger partial charge on any atom is 0.397 e. The van der Waals surface area contributed by atoms with E-state index in [4.69, 9.17) is 13.8 Å². The number of hydrogen-bond donors (Lipinski definition) is 3. The van der Waals surface area contributed by atoms with Gasteiger partial charge in [0.15, 0.2) is 0 Å². The predicted molar refractivity (Wildman–Crippen MR) is 82.9 cm³/mol. The third kappa shape index (κ3) is 11.4. The van der Waals surface area contributed by atoms with Gasteiger partial charge in [-0.1, -0.05) is 13.3 Å². The van der Waals surface area contributed by atoms with E-state index in [1.54, 1.807) is 0 Å². The Kier molecular flexibility index (Phi) is 10.5. The number of carbonyl (C=O) groups is 1. The van der Waals surface area contributed by atoms with Crippen LogP contribution in [-0.2, 0) is 27.8 Å². The number of nitrogens with one attached hydrogen (secondary N) is 1. The van der Waals surface area contributed by atoms with E-state index >= 15 is 0 Å². The van der Waals surface area contributed by atoms with Crippen LogP contribution in [0.2, 0.25) is 0 Å². The van der Waals surface area contributed by atoms with Gasteiger partial charge in [0.05, 0.1) is 13.2 Å². The summed E-state index contributed by atoms with van der Waals surface area (Å²) in [4.78, 5) is 13.6. The normalized spacial score (nSPS) is 16.3. The van der Waals surface area contributed by atoms with Crippen LogP contribution in [0.4, 0.5) is 0 Å². The fourth-order valence-electron chi connectivity index (χ4n) is 1.60. The highest BCUT2D eigenvalue weighted by atomic mass is 33.2. The first-order valence-corrected chi connectivity index (χ1v) is 10.5. The van der Waals surface area contributed by atoms with Crippen LogP contribution in [0.25, 0.3) is 0 Å². The molecular formula is C11H24N2O8S2. The second-order valence-corrected chi connectivity index (χ2v) is 9.00. The minimum atomic E-state index is -5.31. The van der Waals surface area contributed by atoms with Gasteiger partial charge in [0, 0.05) is 32.6 Å². The molecule has 3 N–H and O–H groups in total. The number of morpholine rings is 1. The van der Waals surface area contributed by atoms with Crippen LogP contribution in [0.15, 0.2) is 0 Å². The van der Waals surface area contributed by atoms with Gasteiger partial charge in [-0.05, 0) is 6.42 Å². The largest absolute Gasteiger partial charge is 0.397 e. The quantitative estimate of drug-likeness (QED) is 0.387. The third-order valence-electron chi connectivity index (χ3n) is 2.88. The lowest BCUT2D eigenvalue weighted by Gasteiger charge is -2.26. The van der Waals surface area contributed by atoms with Gasteiger partial charge in [-0.15, -0.1) is 0 Å². The molecule has 0 aromatic heterocycles. The summed E-state index contributed by atoms with van der Waals surface area (Å²) in [5, 5.41) is 2.94. The molecule has 0 aliphatic carbocycles. The Balaban J connectivity index is 0.000000515. The first-order valence-electron chi connectivity index (χ1n) is 7.09. The number of carbonyl (C=O) groups excluding carboxylic acids is 1. The maximum absolute atomic E-state index is 11.3. The van der Waals surface area contributed by atoms with Crippen molar-refractivity contribution in [3.63, 3.8) is 0 Å². The second kappa shape index (κ2) is 10.9. The Labute approximate surface area is 136 Å². The van der Waals surface area contributed by atoms with Gasteiger partial charge in [0.25, 0.3) is 0 Å². The van der Waals surface area contributed by atoms with Crippen molar-refractivity contribution in [2.45, 2.75) is 26.2 Å². The summed E-state index contributed by atoms with van der Waals surface area (Å²) >= 11 is 0. The molecule has 0 aromatic rings. The summed E-state index contributed by atoms with van der Waals surface area (Å²) in [5.41, 5.74) is 0. The highest BCUT2D eigenvalue weighted by Crippen LogP contribution is 1.96. The molecule has 1 rings (SSSR count). The Morgan fingerprint density at radius 2 is 1.65 bits per heavy atom. The van der Waals surface area contributed by atoms with Crippen LogP contribution < -0.4 is 5.32 Å². The van der Waals surface area contributed by atoms with Gasteiger partial charge in [-0.25, -0.2) is 0 Å². The summed E-state index contributed by atoms with van der Waals surface area (Å²) in [6, 6.07) is 0. The number of unbranched alkanes of at least 4 members (excludes halogenated alkanes) is 1. The summed E-state index contributed by atoms with van der Waals surface area (Å²) in [6.07, 6.45) is 2.74. The van der Waals surface area contributed by atoms with E-state index in [2.05, 4.69) is 17.1 Å². The molecule has 138 valence electrons. The van der Waals surface area contributed by atoms with Crippen LogP contribution >= 0.6 is 0 Å². The fraction of sp³-hybridized carbons (Fsp3) is 0.909. The molecule has 0 spiro atoms. The van der Waals surface area contributed by atoms with Crippen molar-refractivity contribution < 1.29 is 35.5 Å². The highest BCUT2D eigenvalue weighted by Gasteiger charge is 2.22. The molecular weight excluding hydrogens is 352 g/mol. The van der Waals surface area contributed by atoms with Gasteiger partial charge in [-0.2, -0.15) is 16.8 Å². The van der Waals surface area contributed by atoms with E-state index in [1.165, 1.54) is 0 Å². The summed E-state index contributed by atoms with van der Waals surface area (Å²) in [5.74, 6) is 0.185. The van der Waals surface area contributed by atoms with Crippen LogP contribution in [0, 0.1) is 0 Å². The van der Waals surface area contributed by atoms with Gasteiger partial charge < -0.3 is 10.1 Å². The molecule has 0 aromatic carbocycles. The number of ether oxygens (including phenoxy) is 1. The van der Waals surface area contributed by atoms with Gasteiger partial charge in [0.1, 0.15) is 0 Å². The minimum Gasteiger partial charge on any atom is -0.379 e. The lowest BCUT2D eigenvalue weighted by molar-refractivity contribution is -0.121. The van der Waals surface area contributed by atoms with Crippen LogP contribution in [0.5, 0.6) is 0 Å². The average molecular weight is 376 g/mol. The average Bonchev–Trinajstić information content (AvgIpc) is 2.45. The van der Waals surface area contributed by atoms with Crippen molar-refractivity contribution >= 4 is 24.2 Å². The zero-order valence-electron chi connectivity index (χ0n) is 13.0. The predicted octanol–water partition coefficient (Wildman–Crippen LogP) is -0.698. The molecule has 0 radical (unpaired) electrons. The van der Waals surface area contributed by atoms with Crippen molar-refractivity contribution in [1.29, 1.82) is 0 Å². The van der Waals surface area contributed by atoms with Crippen molar-refractivity contribution in [2.24, 2.45) is 0 Å². The van der Waals surface area contributed by atoms with Crippen molar-refractivity contribution in [2.75, 3.05) is 39.4 Å². The van der Waals surface area contributed by atoms with Gasteiger partial charge in [0.2, 0.25) is 5.91 Å². The van der Waals surface area contributed by atoms with Crippen LogP contribution in [0.3, 0.4) is 0 Å². The zero-order valence-corrected chi connectivity index (χ0v) is 14.6. The van der Waals surface area contributed by atoms with Gasteiger partial charge in [-0.3, -0.25) is 18.8 Å². The van der Waals surface area contributed by atoms with Crippen LogP contribution in [0.1, 0.15) is 26.2 Å². The summed E-state index contributed by atoms with van der Waals surface area (Å²) in [7, 11) is -10.6. The lowest BCUT2D eigenvalue weighted by Crippen LogP contribution is -2.41. The zero-order chi connectivity index (χ0) is 17.9. The van der Waals surface area contributed by atoms with E-state index in [-0.39, 0.29) is 5.91 Å². The Morgan fingerprint density at radius 1 is 1.13 bits per heavy atom. The minimum absolute atomic E-state index is 0.185. The first kappa shape index (κ1) is 22.2. The first-order chi connectivity index (χ1) is 10.6. The topological polar surface area (TPSA) is 150 Å². The molecule has 1 saturated heterocycles. The molecule has 10 nitrogen and oxygen atoms in total. The van der Waals surface area contributed by atoms with Gasteiger partial charge >= 0.3 is 18.3 Å². The Hall–Kier alpha value is -0.790. The molecule has 12 heteroatoms. The van der Waals surface area contributed by atoms with Crippen molar-refractivity contribution in [1.82, 2.24) is 10.2 Å². The molecule has 1 fully saturated rings. The summed E-state index contributed by atoms with van der Waals surface area (Å²) in [6.45, 7) is 7.44. The smallest absolute Gasteiger partial charge is 0.379 e. The standard InChI is InChI=1S/C11H22N2O2.H2O6S2/c1-2-3-4-11(14)12-5-6-13-7-9-15-10-8-13;1-7(2,3)8(4,5)6/h2-10H2,1H3,(H,12,14);(H,1,2,3)(H,4,5,6). The maximum atomic E-state index is 11.3. The SMILES string of the molecule is CCCCC(=O)NCCN1CCOCC1.O=S(=O)(O)S(=O)(=O)O. The number of nitrogens with zero attached hydrogens (tertiary/aromatic N) is 1. The number of rotatable bonds is 7. The van der Waals surface area contributed by atoms with E-state index in [0.29, 0.717) is 6.42 Å². The molecule has 1 aliphatic heterocycles. The lowest BCUT2D eigenvalue weighted by atomic mass is 10.2. The van der Waals surface area contributed by atoms with Crippen LogP contribution in [-0.4, -0.2) is 76.1 Å². The van der Waals surface area contributed by atoms with E-state index in [0.717, 1.165) is 52.2 Å². The third-order valence-corrected chi connectivity index (χ3v) is 5.01. The Morgan fingerprint density at radius 3 is 2.09 bits per heavy atom. The molecule has 0 atom stereocenters. The molecule has 0 unspecified atom stereocenters.